The van der Waals surface area contributed by atoms with Crippen LogP contribution in [0.5, 0.6) is 0 Å². The van der Waals surface area contributed by atoms with Crippen LogP contribution in [-0.2, 0) is 0 Å². The van der Waals surface area contributed by atoms with Crippen LogP contribution in [-0.4, -0.2) is 15.7 Å². The summed E-state index contributed by atoms with van der Waals surface area (Å²) < 4.78 is 6.38. The second-order valence-corrected chi connectivity index (χ2v) is 0. The molecule has 0 aromatic carbocycles. The van der Waals surface area contributed by atoms with Gasteiger partial charge in [-0.05, 0) is 0 Å². The maximum atomic E-state index is 6.38. The zero-order valence-electron chi connectivity index (χ0n) is 2.09. The standard InChI is InChI=1S/4CH4.Ga.HI.2H/h4*1H4;;1H;;/q;;;;+1;;;/p-1/i;;;;;;1+1;. The van der Waals surface area contributed by atoms with Crippen LogP contribution in [0.3, 0.4) is 0 Å². The average Bonchev–Trinajstić information content (AvgIpc) is 0.918. The van der Waals surface area contributed by atoms with Crippen LogP contribution < -0.4 is 0 Å². The molecule has 2 heteroatoms. The fraction of sp³-hybridized carbons (Fsp3) is 1.00. The SMILES string of the molecule is C.C.C.C.[2H][GaH][I]. The van der Waals surface area contributed by atoms with E-state index in [1.807, 2.05) is 0 Å². The molecule has 0 fully saturated rings. The predicted molar refractivity (Wildman–Crippen MR) is 49.5 cm³/mol. The van der Waals surface area contributed by atoms with Crippen LogP contribution >= 0.6 is 19.7 Å². The second kappa shape index (κ2) is 98.2. The van der Waals surface area contributed by atoms with Crippen molar-refractivity contribution in [3.63, 3.8) is 0 Å². The molecular weight excluding hydrogens is 245 g/mol. The van der Waals surface area contributed by atoms with Gasteiger partial charge in [-0.15, -0.1) is 0 Å². The summed E-state index contributed by atoms with van der Waals surface area (Å²) in [7, 11) is 0. The monoisotopic (exact) mass is 263 g/mol. The first-order valence-corrected chi connectivity index (χ1v) is 9.32. The summed E-state index contributed by atoms with van der Waals surface area (Å²) in [5, 5.41) is 0. The van der Waals surface area contributed by atoms with Crippen LogP contribution in [0.2, 0.25) is 0 Å². The van der Waals surface area contributed by atoms with Gasteiger partial charge in [-0.25, -0.2) is 0 Å². The maximum absolute atomic E-state index is 6.38. The Kier molecular flexibility index (Phi) is 431. The molecule has 0 saturated heterocycles. The predicted octanol–water partition coefficient (Wildman–Crippen LogP) is 2.51. The van der Waals surface area contributed by atoms with Gasteiger partial charge >= 0.3 is 35.4 Å². The molecule has 0 amide bonds. The molecule has 0 heterocycles. The van der Waals surface area contributed by atoms with E-state index in [9.17, 15) is 0 Å². The number of hydrogen-bond donors (Lipinski definition) is 0. The minimum atomic E-state index is -0.655. The molecule has 0 unspecified atom stereocenters. The average molecular weight is 264 g/mol. The molecule has 0 N–H and O–H groups in total. The van der Waals surface area contributed by atoms with Gasteiger partial charge in [0.15, 0.2) is 0 Å². The van der Waals surface area contributed by atoms with Gasteiger partial charge in [0.05, 0.1) is 0 Å². The van der Waals surface area contributed by atoms with E-state index < -0.39 is 14.9 Å². The van der Waals surface area contributed by atoms with Crippen molar-refractivity contribution in [2.24, 2.45) is 0 Å². The molecule has 44 valence electrons. The molecule has 6 heavy (non-hydrogen) atoms. The molecule has 0 aliphatic carbocycles. The van der Waals surface area contributed by atoms with Gasteiger partial charge < -0.3 is 0 Å². The molecule has 0 spiro atoms. The second-order valence-electron chi connectivity index (χ2n) is 0. The van der Waals surface area contributed by atoms with Crippen molar-refractivity contribution in [1.29, 1.82) is 0.816 Å². The summed E-state index contributed by atoms with van der Waals surface area (Å²) >= 11 is 1.49. The summed E-state index contributed by atoms with van der Waals surface area (Å²) in [6, 6.07) is 0. The molecule has 0 nitrogen and oxygen atoms in total. The van der Waals surface area contributed by atoms with Crippen LogP contribution in [0.15, 0.2) is 0 Å². The van der Waals surface area contributed by atoms with Gasteiger partial charge in [-0.1, -0.05) is 29.7 Å². The van der Waals surface area contributed by atoms with Gasteiger partial charge in [0, 0.05) is 0 Å². The third kappa shape index (κ3) is 54.8. The van der Waals surface area contributed by atoms with Crippen LogP contribution in [0, 0.1) is 0 Å². The normalized spacial score (nSPS) is 2.50. The summed E-state index contributed by atoms with van der Waals surface area (Å²) in [6.45, 7) is 0. The first-order chi connectivity index (χ1) is 1.41. The summed E-state index contributed by atoms with van der Waals surface area (Å²) in [4.78, 5) is 0. The Balaban J connectivity index is -0.00000000333. The van der Waals surface area contributed by atoms with Crippen molar-refractivity contribution in [3.8, 4) is 0 Å². The first kappa shape index (κ1) is 26.3. The zero-order chi connectivity index (χ0) is 2.71. The summed E-state index contributed by atoms with van der Waals surface area (Å²) in [5.74, 6) is 0. The van der Waals surface area contributed by atoms with Crippen molar-refractivity contribution in [2.45, 2.75) is 29.7 Å². The van der Waals surface area contributed by atoms with Crippen LogP contribution in [0.1, 0.15) is 29.7 Å². The summed E-state index contributed by atoms with van der Waals surface area (Å²) in [6.07, 6.45) is 0. The zero-order valence-corrected chi connectivity index (χ0v) is 6.21. The van der Waals surface area contributed by atoms with E-state index in [0.717, 1.165) is 0 Å². The van der Waals surface area contributed by atoms with Crippen molar-refractivity contribution in [1.82, 2.24) is 0 Å². The molecule has 0 atom stereocenters. The molecule has 0 saturated carbocycles. The Hall–Kier alpha value is 1.37. The van der Waals surface area contributed by atoms with Crippen LogP contribution in [0.4, 0.5) is 0 Å². The molecule has 0 aliphatic rings. The third-order valence-electron chi connectivity index (χ3n) is 0. The molecule has 0 rings (SSSR count). The van der Waals surface area contributed by atoms with E-state index in [1.54, 1.807) is 0 Å². The van der Waals surface area contributed by atoms with E-state index in [0.29, 0.717) is 0 Å². The van der Waals surface area contributed by atoms with E-state index in [2.05, 4.69) is 19.7 Å². The third-order valence-corrected chi connectivity index (χ3v) is 0. The van der Waals surface area contributed by atoms with Crippen molar-refractivity contribution < 1.29 is 0 Å². The van der Waals surface area contributed by atoms with Crippen LogP contribution in [0.25, 0.3) is 0 Å². The fourth-order valence-corrected chi connectivity index (χ4v) is 0. The van der Waals surface area contributed by atoms with E-state index in [1.165, 1.54) is 0 Å². The Labute approximate surface area is 64.8 Å². The van der Waals surface area contributed by atoms with E-state index in [-0.39, 0.29) is 29.7 Å². The Bertz CT molecular complexity index is 11.7. The van der Waals surface area contributed by atoms with E-state index >= 15 is 0 Å². The minimum absolute atomic E-state index is 0. The first-order valence-electron chi connectivity index (χ1n) is 0.974. The molecule has 0 radical (unpaired) electrons. The summed E-state index contributed by atoms with van der Waals surface area (Å²) in [5.41, 5.74) is 0. The Morgan fingerprint density at radius 3 is 1.17 bits per heavy atom. The van der Waals surface area contributed by atoms with Gasteiger partial charge in [0.1, 0.15) is 0 Å². The van der Waals surface area contributed by atoms with Gasteiger partial charge in [0.25, 0.3) is 0 Å². The molecule has 0 bridgehead atoms. The molecule has 0 aromatic rings. The number of halogens is 1. The van der Waals surface area contributed by atoms with Gasteiger partial charge in [-0.3, -0.25) is 0 Å². The van der Waals surface area contributed by atoms with Gasteiger partial charge in [-0.2, -0.15) is 0 Å². The molecule has 0 aliphatic heterocycles. The molecular formula is C4H18GaI. The van der Waals surface area contributed by atoms with E-state index in [4.69, 9.17) is 0.816 Å². The number of hydrogen-bond acceptors (Lipinski definition) is 0. The fourth-order valence-electron chi connectivity index (χ4n) is 0. The Morgan fingerprint density at radius 1 is 1.17 bits per heavy atom. The topological polar surface area (TPSA) is 0 Å². The number of rotatable bonds is 0. The Morgan fingerprint density at radius 2 is 1.17 bits per heavy atom. The van der Waals surface area contributed by atoms with Crippen molar-refractivity contribution in [2.75, 3.05) is 0 Å². The molecule has 0 aromatic heterocycles. The van der Waals surface area contributed by atoms with Crippen molar-refractivity contribution >= 4 is 34.6 Å². The van der Waals surface area contributed by atoms with Crippen molar-refractivity contribution in [3.05, 3.63) is 0 Å². The quantitative estimate of drug-likeness (QED) is 0.465. The van der Waals surface area contributed by atoms with Gasteiger partial charge in [0.2, 0.25) is 0 Å².